The lowest BCUT2D eigenvalue weighted by Crippen LogP contribution is -2.27. The van der Waals surface area contributed by atoms with Crippen molar-refractivity contribution in [3.8, 4) is 0 Å². The number of hydrogen-bond donors (Lipinski definition) is 3. The molecule has 1 unspecified atom stereocenters. The number of hydrogen-bond acceptors (Lipinski definition) is 5. The lowest BCUT2D eigenvalue weighted by molar-refractivity contribution is 0.444. The van der Waals surface area contributed by atoms with Gasteiger partial charge in [-0.3, -0.25) is 0 Å². The van der Waals surface area contributed by atoms with E-state index in [-0.39, 0.29) is 0 Å². The molecule has 100 valence electrons. The Bertz CT molecular complexity index is 389. The zero-order chi connectivity index (χ0) is 13.0. The van der Waals surface area contributed by atoms with Crippen molar-refractivity contribution in [2.45, 2.75) is 39.2 Å². The number of rotatable bonds is 6. The summed E-state index contributed by atoms with van der Waals surface area (Å²) >= 11 is 0. The Labute approximate surface area is 109 Å². The second-order valence-electron chi connectivity index (χ2n) is 5.18. The van der Waals surface area contributed by atoms with Crippen molar-refractivity contribution in [2.24, 2.45) is 11.7 Å². The van der Waals surface area contributed by atoms with Gasteiger partial charge in [0, 0.05) is 18.7 Å². The van der Waals surface area contributed by atoms with Crippen LogP contribution in [0.2, 0.25) is 0 Å². The molecule has 1 aromatic rings. The van der Waals surface area contributed by atoms with E-state index in [4.69, 9.17) is 5.73 Å². The van der Waals surface area contributed by atoms with Crippen LogP contribution in [0.4, 0.5) is 11.6 Å². The summed E-state index contributed by atoms with van der Waals surface area (Å²) < 4.78 is 0. The molecule has 4 N–H and O–H groups in total. The predicted octanol–water partition coefficient (Wildman–Crippen LogP) is 1.76. The van der Waals surface area contributed by atoms with Gasteiger partial charge in [-0.15, -0.1) is 0 Å². The first kappa shape index (κ1) is 13.1. The first-order valence-electron chi connectivity index (χ1n) is 6.73. The van der Waals surface area contributed by atoms with Gasteiger partial charge in [0.2, 0.25) is 0 Å². The van der Waals surface area contributed by atoms with Crippen molar-refractivity contribution >= 4 is 11.6 Å². The van der Waals surface area contributed by atoms with Gasteiger partial charge in [-0.2, -0.15) is 0 Å². The summed E-state index contributed by atoms with van der Waals surface area (Å²) in [7, 11) is 0. The highest BCUT2D eigenvalue weighted by atomic mass is 15.1. The van der Waals surface area contributed by atoms with E-state index < -0.39 is 0 Å². The van der Waals surface area contributed by atoms with Crippen molar-refractivity contribution in [1.82, 2.24) is 9.97 Å². The number of nitrogens with one attached hydrogen (secondary N) is 2. The van der Waals surface area contributed by atoms with Crippen molar-refractivity contribution in [1.29, 1.82) is 0 Å². The second-order valence-corrected chi connectivity index (χ2v) is 5.18. The second kappa shape index (κ2) is 6.00. The highest BCUT2D eigenvalue weighted by Gasteiger charge is 2.17. The van der Waals surface area contributed by atoms with E-state index in [0.717, 1.165) is 24.0 Å². The maximum atomic E-state index is 5.60. The van der Waals surface area contributed by atoms with Crippen LogP contribution in [0.25, 0.3) is 0 Å². The summed E-state index contributed by atoms with van der Waals surface area (Å²) in [6, 6.07) is 2.57. The molecule has 1 heterocycles. The Balaban J connectivity index is 1.96. The monoisotopic (exact) mass is 249 g/mol. The van der Waals surface area contributed by atoms with Crippen LogP contribution in [0.1, 0.15) is 32.0 Å². The van der Waals surface area contributed by atoms with E-state index in [9.17, 15) is 0 Å². The Morgan fingerprint density at radius 1 is 1.39 bits per heavy atom. The molecule has 2 rings (SSSR count). The fourth-order valence-electron chi connectivity index (χ4n) is 1.86. The molecule has 1 aliphatic rings. The Kier molecular flexibility index (Phi) is 4.36. The standard InChI is InChI=1S/C13H23N5/c1-9(7-14)8-15-12-6-13(17-10(2)16-12)18-11-4-3-5-11/h6,9,11H,3-5,7-8,14H2,1-2H3,(H2,15,16,17,18). The van der Waals surface area contributed by atoms with Crippen molar-refractivity contribution in [3.63, 3.8) is 0 Å². The van der Waals surface area contributed by atoms with E-state index in [1.165, 1.54) is 19.3 Å². The molecule has 1 aliphatic carbocycles. The molecule has 1 aromatic heterocycles. The fourth-order valence-corrected chi connectivity index (χ4v) is 1.86. The first-order valence-corrected chi connectivity index (χ1v) is 6.73. The minimum Gasteiger partial charge on any atom is -0.370 e. The van der Waals surface area contributed by atoms with Crippen LogP contribution in [0.3, 0.4) is 0 Å². The zero-order valence-corrected chi connectivity index (χ0v) is 11.2. The van der Waals surface area contributed by atoms with Crippen molar-refractivity contribution in [3.05, 3.63) is 11.9 Å². The van der Waals surface area contributed by atoms with Crippen molar-refractivity contribution < 1.29 is 0 Å². The molecule has 0 bridgehead atoms. The molecule has 1 saturated carbocycles. The number of nitrogens with zero attached hydrogens (tertiary/aromatic N) is 2. The van der Waals surface area contributed by atoms with Crippen LogP contribution in [-0.2, 0) is 0 Å². The quantitative estimate of drug-likeness (QED) is 0.716. The Hall–Kier alpha value is -1.36. The van der Waals surface area contributed by atoms with E-state index in [1.807, 2.05) is 13.0 Å². The third-order valence-electron chi connectivity index (χ3n) is 3.33. The van der Waals surface area contributed by atoms with Crippen molar-refractivity contribution in [2.75, 3.05) is 23.7 Å². The largest absolute Gasteiger partial charge is 0.370 e. The molecule has 18 heavy (non-hydrogen) atoms. The molecule has 0 radical (unpaired) electrons. The Morgan fingerprint density at radius 2 is 2.11 bits per heavy atom. The zero-order valence-electron chi connectivity index (χ0n) is 11.2. The molecular weight excluding hydrogens is 226 g/mol. The normalized spacial score (nSPS) is 17.1. The van der Waals surface area contributed by atoms with Gasteiger partial charge in [-0.25, -0.2) is 9.97 Å². The van der Waals surface area contributed by atoms with Crippen LogP contribution in [0.5, 0.6) is 0 Å². The number of nitrogens with two attached hydrogens (primary N) is 1. The summed E-state index contributed by atoms with van der Waals surface area (Å²) in [6.45, 7) is 5.57. The van der Waals surface area contributed by atoms with Crippen LogP contribution in [0.15, 0.2) is 6.07 Å². The Morgan fingerprint density at radius 3 is 2.72 bits per heavy atom. The molecule has 0 spiro atoms. The van der Waals surface area contributed by atoms with Gasteiger partial charge in [0.25, 0.3) is 0 Å². The van der Waals surface area contributed by atoms with Crippen LogP contribution >= 0.6 is 0 Å². The van der Waals surface area contributed by atoms with E-state index >= 15 is 0 Å². The molecule has 5 nitrogen and oxygen atoms in total. The van der Waals surface area contributed by atoms with Gasteiger partial charge in [0.15, 0.2) is 0 Å². The highest BCUT2D eigenvalue weighted by Crippen LogP contribution is 2.23. The van der Waals surface area contributed by atoms with Gasteiger partial charge in [0.1, 0.15) is 17.5 Å². The number of aryl methyl sites for hydroxylation is 1. The molecule has 1 fully saturated rings. The highest BCUT2D eigenvalue weighted by molar-refractivity contribution is 5.48. The lowest BCUT2D eigenvalue weighted by atomic mass is 9.93. The maximum absolute atomic E-state index is 5.60. The third-order valence-corrected chi connectivity index (χ3v) is 3.33. The summed E-state index contributed by atoms with van der Waals surface area (Å²) in [4.78, 5) is 8.80. The summed E-state index contributed by atoms with van der Waals surface area (Å²) in [5, 5.41) is 6.76. The molecule has 0 aromatic carbocycles. The minimum atomic E-state index is 0.448. The van der Waals surface area contributed by atoms with Gasteiger partial charge in [0.05, 0.1) is 0 Å². The molecule has 0 aliphatic heterocycles. The van der Waals surface area contributed by atoms with Crippen LogP contribution in [0, 0.1) is 12.8 Å². The average Bonchev–Trinajstić information content (AvgIpc) is 2.30. The number of anilines is 2. The van der Waals surface area contributed by atoms with E-state index in [0.29, 0.717) is 18.5 Å². The molecular formula is C13H23N5. The number of aromatic nitrogens is 2. The fraction of sp³-hybridized carbons (Fsp3) is 0.692. The van der Waals surface area contributed by atoms with Gasteiger partial charge >= 0.3 is 0 Å². The summed E-state index contributed by atoms with van der Waals surface area (Å²) in [5.74, 6) is 3.05. The first-order chi connectivity index (χ1) is 8.67. The predicted molar refractivity (Wildman–Crippen MR) is 74.7 cm³/mol. The van der Waals surface area contributed by atoms with E-state index in [1.54, 1.807) is 0 Å². The maximum Gasteiger partial charge on any atom is 0.132 e. The molecule has 0 amide bonds. The lowest BCUT2D eigenvalue weighted by Gasteiger charge is -2.27. The van der Waals surface area contributed by atoms with Gasteiger partial charge in [-0.1, -0.05) is 6.92 Å². The average molecular weight is 249 g/mol. The molecule has 1 atom stereocenters. The van der Waals surface area contributed by atoms with Gasteiger partial charge in [-0.05, 0) is 38.6 Å². The summed E-state index contributed by atoms with van der Waals surface area (Å²) in [6.07, 6.45) is 3.81. The topological polar surface area (TPSA) is 75.9 Å². The summed E-state index contributed by atoms with van der Waals surface area (Å²) in [5.41, 5.74) is 5.60. The van der Waals surface area contributed by atoms with E-state index in [2.05, 4.69) is 27.5 Å². The molecule has 0 saturated heterocycles. The van der Waals surface area contributed by atoms with Gasteiger partial charge < -0.3 is 16.4 Å². The van der Waals surface area contributed by atoms with Crippen LogP contribution in [-0.4, -0.2) is 29.1 Å². The third kappa shape index (κ3) is 3.57. The van der Waals surface area contributed by atoms with Crippen LogP contribution < -0.4 is 16.4 Å². The SMILES string of the molecule is Cc1nc(NCC(C)CN)cc(NC2CCC2)n1. The minimum absolute atomic E-state index is 0.448. The molecule has 5 heteroatoms. The smallest absolute Gasteiger partial charge is 0.132 e.